The van der Waals surface area contributed by atoms with Crippen LogP contribution in [-0.4, -0.2) is 17.6 Å². The van der Waals surface area contributed by atoms with Crippen LogP contribution in [0.25, 0.3) is 0 Å². The first kappa shape index (κ1) is 15.5. The second-order valence-electron chi connectivity index (χ2n) is 4.70. The fourth-order valence-corrected chi connectivity index (χ4v) is 1.63. The monoisotopic (exact) mass is 275 g/mol. The zero-order valence-corrected chi connectivity index (χ0v) is 10.7. The zero-order valence-electron chi connectivity index (χ0n) is 10.7. The SMILES string of the molecule is CC(C)CC(=O)NC(CO)c1cc(F)c(F)c(F)c1. The Morgan fingerprint density at radius 1 is 1.26 bits per heavy atom. The van der Waals surface area contributed by atoms with Gasteiger partial charge in [0.15, 0.2) is 17.5 Å². The fraction of sp³-hybridized carbons (Fsp3) is 0.462. The van der Waals surface area contributed by atoms with E-state index in [-0.39, 0.29) is 23.8 Å². The highest BCUT2D eigenvalue weighted by molar-refractivity contribution is 5.76. The van der Waals surface area contributed by atoms with Crippen LogP contribution in [0.5, 0.6) is 0 Å². The van der Waals surface area contributed by atoms with Crippen LogP contribution in [-0.2, 0) is 4.79 Å². The first-order valence-electron chi connectivity index (χ1n) is 5.89. The van der Waals surface area contributed by atoms with Crippen LogP contribution in [0.4, 0.5) is 13.2 Å². The van der Waals surface area contributed by atoms with Gasteiger partial charge in [-0.05, 0) is 23.6 Å². The molecule has 0 aromatic heterocycles. The van der Waals surface area contributed by atoms with Crippen molar-refractivity contribution in [3.63, 3.8) is 0 Å². The Morgan fingerprint density at radius 3 is 2.21 bits per heavy atom. The van der Waals surface area contributed by atoms with Crippen molar-refractivity contribution in [1.82, 2.24) is 5.32 Å². The number of nitrogens with one attached hydrogen (secondary N) is 1. The van der Waals surface area contributed by atoms with Gasteiger partial charge in [0.05, 0.1) is 12.6 Å². The number of amides is 1. The quantitative estimate of drug-likeness (QED) is 0.810. The average molecular weight is 275 g/mol. The number of halogens is 3. The van der Waals surface area contributed by atoms with Crippen LogP contribution in [0.1, 0.15) is 31.9 Å². The summed E-state index contributed by atoms with van der Waals surface area (Å²) in [4.78, 5) is 11.5. The Labute approximate surface area is 109 Å². The molecule has 1 amide bonds. The Balaban J connectivity index is 2.89. The molecule has 0 bridgehead atoms. The Hall–Kier alpha value is -1.56. The van der Waals surface area contributed by atoms with Crippen molar-refractivity contribution in [3.05, 3.63) is 35.1 Å². The molecule has 1 rings (SSSR count). The lowest BCUT2D eigenvalue weighted by Crippen LogP contribution is -2.31. The van der Waals surface area contributed by atoms with Crippen molar-refractivity contribution in [3.8, 4) is 0 Å². The van der Waals surface area contributed by atoms with Crippen molar-refractivity contribution in [2.24, 2.45) is 5.92 Å². The first-order chi connectivity index (χ1) is 8.85. The molecule has 0 saturated carbocycles. The summed E-state index contributed by atoms with van der Waals surface area (Å²) in [5, 5.41) is 11.6. The van der Waals surface area contributed by atoms with Crippen LogP contribution in [0.2, 0.25) is 0 Å². The highest BCUT2D eigenvalue weighted by atomic mass is 19.2. The standard InChI is InChI=1S/C13H16F3NO2/c1-7(2)3-12(19)17-11(6-18)8-4-9(14)13(16)10(15)5-8/h4-5,7,11,18H,3,6H2,1-2H3,(H,17,19). The van der Waals surface area contributed by atoms with E-state index in [1.54, 1.807) is 0 Å². The van der Waals surface area contributed by atoms with Crippen molar-refractivity contribution in [2.45, 2.75) is 26.3 Å². The van der Waals surface area contributed by atoms with E-state index in [2.05, 4.69) is 5.32 Å². The van der Waals surface area contributed by atoms with E-state index < -0.39 is 30.1 Å². The highest BCUT2D eigenvalue weighted by Gasteiger charge is 2.19. The number of hydrogen-bond donors (Lipinski definition) is 2. The molecular formula is C13H16F3NO2. The molecule has 0 heterocycles. The van der Waals surface area contributed by atoms with Gasteiger partial charge in [-0.2, -0.15) is 0 Å². The van der Waals surface area contributed by atoms with Gasteiger partial charge >= 0.3 is 0 Å². The summed E-state index contributed by atoms with van der Waals surface area (Å²) in [6, 6.07) is 0.556. The van der Waals surface area contributed by atoms with Crippen LogP contribution in [0, 0.1) is 23.4 Å². The largest absolute Gasteiger partial charge is 0.394 e. The number of hydrogen-bond acceptors (Lipinski definition) is 2. The maximum Gasteiger partial charge on any atom is 0.220 e. The van der Waals surface area contributed by atoms with Gasteiger partial charge in [-0.15, -0.1) is 0 Å². The summed E-state index contributed by atoms with van der Waals surface area (Å²) in [5.41, 5.74) is -0.0176. The van der Waals surface area contributed by atoms with Crippen LogP contribution in [0.3, 0.4) is 0 Å². The Morgan fingerprint density at radius 2 is 1.79 bits per heavy atom. The van der Waals surface area contributed by atoms with E-state index >= 15 is 0 Å². The van der Waals surface area contributed by atoms with E-state index in [4.69, 9.17) is 5.11 Å². The molecule has 0 fully saturated rings. The lowest BCUT2D eigenvalue weighted by Gasteiger charge is -2.18. The molecule has 1 aromatic carbocycles. The van der Waals surface area contributed by atoms with Crippen molar-refractivity contribution < 1.29 is 23.1 Å². The molecule has 106 valence electrons. The molecule has 19 heavy (non-hydrogen) atoms. The molecule has 1 aromatic rings. The molecular weight excluding hydrogens is 259 g/mol. The number of aliphatic hydroxyl groups excluding tert-OH is 1. The topological polar surface area (TPSA) is 49.3 Å². The van der Waals surface area contributed by atoms with Gasteiger partial charge < -0.3 is 10.4 Å². The molecule has 2 N–H and O–H groups in total. The lowest BCUT2D eigenvalue weighted by molar-refractivity contribution is -0.122. The number of carbonyl (C=O) groups excluding carboxylic acids is 1. The number of rotatable bonds is 5. The fourth-order valence-electron chi connectivity index (χ4n) is 1.63. The van der Waals surface area contributed by atoms with Crippen molar-refractivity contribution >= 4 is 5.91 Å². The normalized spacial score (nSPS) is 12.6. The van der Waals surface area contributed by atoms with Crippen molar-refractivity contribution in [2.75, 3.05) is 6.61 Å². The third-order valence-corrected chi connectivity index (χ3v) is 2.52. The summed E-state index contributed by atoms with van der Waals surface area (Å²) in [6.45, 7) is 3.14. The second kappa shape index (κ2) is 6.56. The summed E-state index contributed by atoms with van der Waals surface area (Å²) in [6.07, 6.45) is 0.225. The average Bonchev–Trinajstić information content (AvgIpc) is 2.31. The third kappa shape index (κ3) is 4.24. The van der Waals surface area contributed by atoms with Gasteiger partial charge in [-0.25, -0.2) is 13.2 Å². The summed E-state index contributed by atoms with van der Waals surface area (Å²) >= 11 is 0. The molecule has 0 saturated heterocycles. The smallest absolute Gasteiger partial charge is 0.220 e. The summed E-state index contributed by atoms with van der Waals surface area (Å²) in [5.74, 6) is -4.52. The first-order valence-corrected chi connectivity index (χ1v) is 5.89. The van der Waals surface area contributed by atoms with E-state index in [9.17, 15) is 18.0 Å². The number of aliphatic hydroxyl groups is 1. The van der Waals surface area contributed by atoms with Crippen LogP contribution < -0.4 is 5.32 Å². The molecule has 0 aliphatic heterocycles. The predicted octanol–water partition coefficient (Wildman–Crippen LogP) is 2.30. The van der Waals surface area contributed by atoms with Crippen LogP contribution >= 0.6 is 0 Å². The zero-order chi connectivity index (χ0) is 14.6. The molecule has 1 atom stereocenters. The van der Waals surface area contributed by atoms with Gasteiger partial charge in [0.1, 0.15) is 0 Å². The molecule has 0 aliphatic carbocycles. The molecule has 0 radical (unpaired) electrons. The van der Waals surface area contributed by atoms with Gasteiger partial charge in [0, 0.05) is 6.42 Å². The molecule has 0 spiro atoms. The van der Waals surface area contributed by atoms with E-state index in [0.29, 0.717) is 0 Å². The maximum atomic E-state index is 13.1. The van der Waals surface area contributed by atoms with Gasteiger partial charge in [-0.3, -0.25) is 4.79 Å². The molecule has 3 nitrogen and oxygen atoms in total. The molecule has 1 unspecified atom stereocenters. The Kier molecular flexibility index (Phi) is 5.35. The van der Waals surface area contributed by atoms with Gasteiger partial charge in [0.2, 0.25) is 5.91 Å². The highest BCUT2D eigenvalue weighted by Crippen LogP contribution is 2.19. The maximum absolute atomic E-state index is 13.1. The second-order valence-corrected chi connectivity index (χ2v) is 4.70. The number of benzene rings is 1. The summed E-state index contributed by atoms with van der Waals surface area (Å²) < 4.78 is 39.0. The van der Waals surface area contributed by atoms with E-state index in [0.717, 1.165) is 12.1 Å². The third-order valence-electron chi connectivity index (χ3n) is 2.52. The minimum absolute atomic E-state index is 0.0176. The molecule has 6 heteroatoms. The minimum Gasteiger partial charge on any atom is -0.394 e. The number of carbonyl (C=O) groups is 1. The van der Waals surface area contributed by atoms with E-state index in [1.807, 2.05) is 13.8 Å². The predicted molar refractivity (Wildman–Crippen MR) is 63.7 cm³/mol. The van der Waals surface area contributed by atoms with Crippen LogP contribution in [0.15, 0.2) is 12.1 Å². The van der Waals surface area contributed by atoms with Crippen molar-refractivity contribution in [1.29, 1.82) is 0 Å². The molecule has 0 aliphatic rings. The Bertz CT molecular complexity index is 440. The van der Waals surface area contributed by atoms with Gasteiger partial charge in [-0.1, -0.05) is 13.8 Å². The van der Waals surface area contributed by atoms with E-state index in [1.165, 1.54) is 0 Å². The van der Waals surface area contributed by atoms with Gasteiger partial charge in [0.25, 0.3) is 0 Å². The summed E-state index contributed by atoms with van der Waals surface area (Å²) in [7, 11) is 0. The minimum atomic E-state index is -1.58. The lowest BCUT2D eigenvalue weighted by atomic mass is 10.1.